The molecule has 0 N–H and O–H groups in total. The molecule has 0 aromatic carbocycles. The van der Waals surface area contributed by atoms with E-state index in [9.17, 15) is 0 Å². The van der Waals surface area contributed by atoms with Crippen LogP contribution in [0.5, 0.6) is 0 Å². The number of alkyl halides is 1. The molecule has 1 atom stereocenters. The van der Waals surface area contributed by atoms with Gasteiger partial charge in [0, 0.05) is 24.1 Å². The summed E-state index contributed by atoms with van der Waals surface area (Å²) in [6.45, 7) is 3.40. The van der Waals surface area contributed by atoms with Crippen molar-refractivity contribution in [3.05, 3.63) is 23.4 Å². The van der Waals surface area contributed by atoms with Crippen LogP contribution >= 0.6 is 15.9 Å². The molecule has 0 amide bonds. The lowest BCUT2D eigenvalue weighted by Gasteiger charge is -2.31. The number of rotatable bonds is 3. The minimum atomic E-state index is 0.753. The molecule has 1 aromatic rings. The molecule has 1 aliphatic carbocycles. The monoisotopic (exact) mass is 322 g/mol. The summed E-state index contributed by atoms with van der Waals surface area (Å²) in [5, 5.41) is 0.896. The molecule has 0 bridgehead atoms. The van der Waals surface area contributed by atoms with Crippen LogP contribution in [0, 0.1) is 12.8 Å². The van der Waals surface area contributed by atoms with Crippen molar-refractivity contribution in [3.63, 3.8) is 0 Å². The molecular weight excluding hydrogens is 300 g/mol. The van der Waals surface area contributed by atoms with E-state index >= 15 is 0 Å². The largest absolute Gasteiger partial charge is 0.353 e. The molecule has 3 heteroatoms. The maximum atomic E-state index is 4.75. The lowest BCUT2D eigenvalue weighted by Crippen LogP contribution is -2.35. The molecule has 2 heterocycles. The molecule has 3 rings (SSSR count). The number of aryl methyl sites for hydroxylation is 1. The third kappa shape index (κ3) is 2.67. The van der Waals surface area contributed by atoms with Gasteiger partial charge in [-0.2, -0.15) is 0 Å². The normalized spacial score (nSPS) is 24.3. The summed E-state index contributed by atoms with van der Waals surface area (Å²) in [5.74, 6) is 2.15. The van der Waals surface area contributed by atoms with Gasteiger partial charge in [-0.1, -0.05) is 34.8 Å². The van der Waals surface area contributed by atoms with Gasteiger partial charge in [-0.05, 0) is 49.7 Å². The summed E-state index contributed by atoms with van der Waals surface area (Å²) in [5.41, 5.74) is 2.61. The first-order valence-electron chi connectivity index (χ1n) is 7.57. The van der Waals surface area contributed by atoms with Crippen LogP contribution in [0.4, 0.5) is 5.82 Å². The zero-order valence-electron chi connectivity index (χ0n) is 11.7. The van der Waals surface area contributed by atoms with Gasteiger partial charge in [0.2, 0.25) is 0 Å². The molecule has 1 aliphatic heterocycles. The molecule has 2 nitrogen and oxygen atoms in total. The van der Waals surface area contributed by atoms with Gasteiger partial charge in [-0.3, -0.25) is 0 Å². The molecule has 104 valence electrons. The summed E-state index contributed by atoms with van der Waals surface area (Å²) in [6, 6.07) is 3.03. The Morgan fingerprint density at radius 3 is 2.74 bits per heavy atom. The highest BCUT2D eigenvalue weighted by Gasteiger charge is 2.34. The van der Waals surface area contributed by atoms with Gasteiger partial charge in [-0.15, -0.1) is 0 Å². The van der Waals surface area contributed by atoms with E-state index < -0.39 is 0 Å². The third-order valence-corrected chi connectivity index (χ3v) is 5.42. The number of anilines is 1. The number of nitrogens with zero attached hydrogens (tertiary/aromatic N) is 2. The number of aromatic nitrogens is 1. The van der Waals surface area contributed by atoms with Crippen LogP contribution in [0.1, 0.15) is 49.7 Å². The molecule has 2 fully saturated rings. The molecule has 1 unspecified atom stereocenters. The number of pyridine rings is 1. The van der Waals surface area contributed by atoms with Crippen LogP contribution in [0.25, 0.3) is 0 Å². The van der Waals surface area contributed by atoms with Crippen molar-refractivity contribution in [2.45, 2.75) is 56.8 Å². The fourth-order valence-corrected chi connectivity index (χ4v) is 4.19. The Bertz CT molecular complexity index is 440. The lowest BCUT2D eigenvalue weighted by molar-refractivity contribution is 0.429. The third-order valence-electron chi connectivity index (χ3n) is 4.78. The highest BCUT2D eigenvalue weighted by atomic mass is 79.9. The van der Waals surface area contributed by atoms with Crippen LogP contribution in [-0.4, -0.2) is 17.6 Å². The number of hydrogen-bond donors (Lipinski definition) is 0. The summed E-state index contributed by atoms with van der Waals surface area (Å²) in [4.78, 5) is 7.35. The second-order valence-electron chi connectivity index (χ2n) is 6.07. The first-order chi connectivity index (χ1) is 9.29. The van der Waals surface area contributed by atoms with E-state index in [1.54, 1.807) is 0 Å². The van der Waals surface area contributed by atoms with Gasteiger partial charge in [0.05, 0.1) is 0 Å². The van der Waals surface area contributed by atoms with Crippen molar-refractivity contribution in [2.75, 3.05) is 11.4 Å². The summed E-state index contributed by atoms with van der Waals surface area (Å²) in [7, 11) is 0. The average molecular weight is 323 g/mol. The fourth-order valence-electron chi connectivity index (χ4n) is 3.89. The molecule has 1 saturated carbocycles. The molecule has 2 aliphatic rings. The van der Waals surface area contributed by atoms with Crippen LogP contribution < -0.4 is 4.90 Å². The Labute approximate surface area is 124 Å². The van der Waals surface area contributed by atoms with Gasteiger partial charge >= 0.3 is 0 Å². The Balaban J connectivity index is 1.83. The Kier molecular flexibility index (Phi) is 4.11. The van der Waals surface area contributed by atoms with E-state index in [2.05, 4.69) is 33.8 Å². The van der Waals surface area contributed by atoms with E-state index in [1.807, 2.05) is 6.20 Å². The maximum Gasteiger partial charge on any atom is 0.131 e. The zero-order valence-corrected chi connectivity index (χ0v) is 13.3. The maximum absolute atomic E-state index is 4.75. The van der Waals surface area contributed by atoms with E-state index in [-0.39, 0.29) is 0 Å². The Morgan fingerprint density at radius 1 is 1.26 bits per heavy atom. The number of halogens is 1. The second-order valence-corrected chi connectivity index (χ2v) is 6.63. The van der Waals surface area contributed by atoms with Gasteiger partial charge in [0.25, 0.3) is 0 Å². The molecule has 1 saturated heterocycles. The molecular formula is C16H23BrN2. The minimum absolute atomic E-state index is 0.753. The van der Waals surface area contributed by atoms with Gasteiger partial charge < -0.3 is 4.90 Å². The first-order valence-corrected chi connectivity index (χ1v) is 8.70. The SMILES string of the molecule is Cc1cc(CBr)cnc1N1CCCC1C1CCCC1. The highest BCUT2D eigenvalue weighted by molar-refractivity contribution is 9.08. The van der Waals surface area contributed by atoms with Gasteiger partial charge in [-0.25, -0.2) is 4.98 Å². The molecule has 0 spiro atoms. The predicted molar refractivity (Wildman–Crippen MR) is 83.9 cm³/mol. The van der Waals surface area contributed by atoms with Crippen LogP contribution in [0.3, 0.4) is 0 Å². The van der Waals surface area contributed by atoms with E-state index in [0.717, 1.165) is 17.3 Å². The van der Waals surface area contributed by atoms with Crippen molar-refractivity contribution in [1.29, 1.82) is 0 Å². The Morgan fingerprint density at radius 2 is 2.05 bits per heavy atom. The molecule has 0 radical (unpaired) electrons. The summed E-state index contributed by atoms with van der Waals surface area (Å²) >= 11 is 3.51. The van der Waals surface area contributed by atoms with Crippen molar-refractivity contribution in [2.24, 2.45) is 5.92 Å². The average Bonchev–Trinajstić information content (AvgIpc) is 3.08. The van der Waals surface area contributed by atoms with Gasteiger partial charge in [0.1, 0.15) is 5.82 Å². The fraction of sp³-hybridized carbons (Fsp3) is 0.688. The van der Waals surface area contributed by atoms with E-state index in [1.165, 1.54) is 62.0 Å². The highest BCUT2D eigenvalue weighted by Crippen LogP contribution is 2.38. The molecule has 1 aromatic heterocycles. The zero-order chi connectivity index (χ0) is 13.2. The second kappa shape index (κ2) is 5.82. The van der Waals surface area contributed by atoms with E-state index in [0.29, 0.717) is 0 Å². The van der Waals surface area contributed by atoms with Crippen molar-refractivity contribution < 1.29 is 0 Å². The Hall–Kier alpha value is -0.570. The lowest BCUT2D eigenvalue weighted by atomic mass is 9.96. The predicted octanol–water partition coefficient (Wildman–Crippen LogP) is 4.44. The summed E-state index contributed by atoms with van der Waals surface area (Å²) < 4.78 is 0. The van der Waals surface area contributed by atoms with Crippen molar-refractivity contribution in [3.8, 4) is 0 Å². The van der Waals surface area contributed by atoms with Crippen molar-refractivity contribution >= 4 is 21.7 Å². The molecule has 19 heavy (non-hydrogen) atoms. The first kappa shape index (κ1) is 13.4. The van der Waals surface area contributed by atoms with Crippen LogP contribution in [0.15, 0.2) is 12.3 Å². The topological polar surface area (TPSA) is 16.1 Å². The smallest absolute Gasteiger partial charge is 0.131 e. The quantitative estimate of drug-likeness (QED) is 0.764. The standard InChI is InChI=1S/C16H23BrN2/c1-12-9-13(10-17)11-18-16(12)19-8-4-7-15(19)14-5-2-3-6-14/h9,11,14-15H,2-8,10H2,1H3. The summed E-state index contributed by atoms with van der Waals surface area (Å²) in [6.07, 6.45) is 10.5. The van der Waals surface area contributed by atoms with E-state index in [4.69, 9.17) is 4.98 Å². The van der Waals surface area contributed by atoms with Gasteiger partial charge in [0.15, 0.2) is 0 Å². The van der Waals surface area contributed by atoms with Crippen molar-refractivity contribution in [1.82, 2.24) is 4.98 Å². The minimum Gasteiger partial charge on any atom is -0.353 e. The van der Waals surface area contributed by atoms with Crippen LogP contribution in [0.2, 0.25) is 0 Å². The number of hydrogen-bond acceptors (Lipinski definition) is 2. The van der Waals surface area contributed by atoms with Crippen LogP contribution in [-0.2, 0) is 5.33 Å².